The molecule has 0 spiro atoms. The standard InChI is InChI=1S/C11H16N4O2S2/c1-8-11(10(5-12)14-13-8)19(16,17)15(2)6-9-3-4-18-7-9/h3-4,7H,5-6,12H2,1-2H3,(H,13,14). The highest BCUT2D eigenvalue weighted by molar-refractivity contribution is 7.89. The molecule has 6 nitrogen and oxygen atoms in total. The van der Waals surface area contributed by atoms with Crippen molar-refractivity contribution in [1.82, 2.24) is 14.5 Å². The van der Waals surface area contributed by atoms with Gasteiger partial charge < -0.3 is 5.73 Å². The van der Waals surface area contributed by atoms with E-state index in [-0.39, 0.29) is 11.4 Å². The molecule has 0 fully saturated rings. The van der Waals surface area contributed by atoms with Gasteiger partial charge >= 0.3 is 0 Å². The van der Waals surface area contributed by atoms with E-state index in [4.69, 9.17) is 5.73 Å². The number of aryl methyl sites for hydroxylation is 1. The Bertz CT molecular complexity index is 646. The van der Waals surface area contributed by atoms with E-state index in [2.05, 4.69) is 10.2 Å². The molecule has 2 aromatic heterocycles. The normalized spacial score (nSPS) is 12.2. The van der Waals surface area contributed by atoms with Crippen molar-refractivity contribution in [3.63, 3.8) is 0 Å². The summed E-state index contributed by atoms with van der Waals surface area (Å²) >= 11 is 1.54. The summed E-state index contributed by atoms with van der Waals surface area (Å²) in [6, 6.07) is 1.91. The van der Waals surface area contributed by atoms with Crippen LogP contribution >= 0.6 is 11.3 Å². The Kier molecular flexibility index (Phi) is 4.04. The summed E-state index contributed by atoms with van der Waals surface area (Å²) in [5, 5.41) is 10.4. The van der Waals surface area contributed by atoms with Gasteiger partial charge in [-0.2, -0.15) is 20.7 Å². The molecule has 0 saturated carbocycles. The van der Waals surface area contributed by atoms with Gasteiger partial charge in [0.15, 0.2) is 0 Å². The molecule has 2 rings (SSSR count). The van der Waals surface area contributed by atoms with Crippen molar-refractivity contribution < 1.29 is 8.42 Å². The van der Waals surface area contributed by atoms with Crippen LogP contribution in [0.2, 0.25) is 0 Å². The van der Waals surface area contributed by atoms with Crippen LogP contribution in [0.4, 0.5) is 0 Å². The number of nitrogens with two attached hydrogens (primary N) is 1. The smallest absolute Gasteiger partial charge is 0.246 e. The molecule has 0 amide bonds. The number of nitrogens with one attached hydrogen (secondary N) is 1. The van der Waals surface area contributed by atoms with Gasteiger partial charge in [-0.05, 0) is 29.3 Å². The molecule has 2 aromatic rings. The van der Waals surface area contributed by atoms with Gasteiger partial charge in [-0.3, -0.25) is 5.10 Å². The van der Waals surface area contributed by atoms with E-state index in [1.165, 1.54) is 4.31 Å². The minimum absolute atomic E-state index is 0.0885. The zero-order chi connectivity index (χ0) is 14.0. The predicted molar refractivity (Wildman–Crippen MR) is 74.2 cm³/mol. The number of H-pyrrole nitrogens is 1. The first-order valence-electron chi connectivity index (χ1n) is 5.68. The number of rotatable bonds is 5. The quantitative estimate of drug-likeness (QED) is 0.863. The Labute approximate surface area is 116 Å². The number of aromatic nitrogens is 2. The second kappa shape index (κ2) is 5.41. The van der Waals surface area contributed by atoms with Crippen LogP contribution < -0.4 is 5.73 Å². The zero-order valence-corrected chi connectivity index (χ0v) is 12.4. The molecule has 0 atom stereocenters. The summed E-state index contributed by atoms with van der Waals surface area (Å²) in [4.78, 5) is 0.188. The first-order chi connectivity index (χ1) is 8.96. The SMILES string of the molecule is Cc1[nH]nc(CN)c1S(=O)(=O)N(C)Cc1ccsc1. The lowest BCUT2D eigenvalue weighted by atomic mass is 10.3. The van der Waals surface area contributed by atoms with E-state index in [0.717, 1.165) is 5.56 Å². The van der Waals surface area contributed by atoms with Crippen LogP contribution in [0.3, 0.4) is 0 Å². The average molecular weight is 300 g/mol. The highest BCUT2D eigenvalue weighted by Crippen LogP contribution is 2.22. The molecule has 0 aromatic carbocycles. The van der Waals surface area contributed by atoms with Gasteiger partial charge in [0.05, 0.1) is 11.4 Å². The number of hydrogen-bond acceptors (Lipinski definition) is 5. The highest BCUT2D eigenvalue weighted by atomic mass is 32.2. The third-order valence-corrected chi connectivity index (χ3v) is 5.55. The van der Waals surface area contributed by atoms with E-state index in [9.17, 15) is 8.42 Å². The molecule has 0 radical (unpaired) electrons. The Hall–Kier alpha value is -1.22. The second-order valence-electron chi connectivity index (χ2n) is 4.22. The fourth-order valence-electron chi connectivity index (χ4n) is 1.83. The van der Waals surface area contributed by atoms with E-state index < -0.39 is 10.0 Å². The third kappa shape index (κ3) is 2.71. The maximum Gasteiger partial charge on any atom is 0.246 e. The number of hydrogen-bond donors (Lipinski definition) is 2. The third-order valence-electron chi connectivity index (χ3n) is 2.81. The fraction of sp³-hybridized carbons (Fsp3) is 0.364. The molecule has 0 saturated heterocycles. The second-order valence-corrected chi connectivity index (χ2v) is 6.98. The minimum Gasteiger partial charge on any atom is -0.325 e. The van der Waals surface area contributed by atoms with Gasteiger partial charge in [-0.15, -0.1) is 0 Å². The number of nitrogens with zero attached hydrogens (tertiary/aromatic N) is 2. The van der Waals surface area contributed by atoms with Crippen molar-refractivity contribution in [3.05, 3.63) is 33.8 Å². The number of sulfonamides is 1. The predicted octanol–water partition coefficient (Wildman–Crippen LogP) is 1.06. The Morgan fingerprint density at radius 2 is 2.26 bits per heavy atom. The number of aromatic amines is 1. The topological polar surface area (TPSA) is 92.1 Å². The van der Waals surface area contributed by atoms with Crippen LogP contribution in [0.5, 0.6) is 0 Å². The molecule has 0 unspecified atom stereocenters. The van der Waals surface area contributed by atoms with Gasteiger partial charge in [-0.25, -0.2) is 8.42 Å². The van der Waals surface area contributed by atoms with Gasteiger partial charge in [0.1, 0.15) is 4.90 Å². The monoisotopic (exact) mass is 300 g/mol. The summed E-state index contributed by atoms with van der Waals surface area (Å²) in [5.74, 6) is 0. The molecule has 0 aliphatic rings. The van der Waals surface area contributed by atoms with Crippen LogP contribution in [0, 0.1) is 6.92 Å². The fourth-order valence-corrected chi connectivity index (χ4v) is 3.98. The average Bonchev–Trinajstić information content (AvgIpc) is 2.98. The molecule has 0 aliphatic carbocycles. The lowest BCUT2D eigenvalue weighted by Gasteiger charge is -2.16. The Balaban J connectivity index is 2.33. The molecule has 0 aliphatic heterocycles. The Morgan fingerprint density at radius 3 is 2.84 bits per heavy atom. The van der Waals surface area contributed by atoms with E-state index in [1.807, 2.05) is 16.8 Å². The van der Waals surface area contributed by atoms with Crippen molar-refractivity contribution in [2.45, 2.75) is 24.9 Å². The van der Waals surface area contributed by atoms with Crippen LogP contribution in [0.1, 0.15) is 17.0 Å². The highest BCUT2D eigenvalue weighted by Gasteiger charge is 2.28. The molecular formula is C11H16N4O2S2. The molecular weight excluding hydrogens is 284 g/mol. The van der Waals surface area contributed by atoms with Crippen molar-refractivity contribution >= 4 is 21.4 Å². The van der Waals surface area contributed by atoms with Crippen LogP contribution in [-0.2, 0) is 23.1 Å². The molecule has 104 valence electrons. The van der Waals surface area contributed by atoms with Gasteiger partial charge in [0.2, 0.25) is 10.0 Å². The maximum absolute atomic E-state index is 12.5. The lowest BCUT2D eigenvalue weighted by molar-refractivity contribution is 0.466. The van der Waals surface area contributed by atoms with Crippen molar-refractivity contribution in [2.75, 3.05) is 7.05 Å². The maximum atomic E-state index is 12.5. The first kappa shape index (κ1) is 14.2. The van der Waals surface area contributed by atoms with Gasteiger partial charge in [0.25, 0.3) is 0 Å². The molecule has 19 heavy (non-hydrogen) atoms. The zero-order valence-electron chi connectivity index (χ0n) is 10.8. The van der Waals surface area contributed by atoms with Crippen molar-refractivity contribution in [1.29, 1.82) is 0 Å². The summed E-state index contributed by atoms with van der Waals surface area (Å²) < 4.78 is 26.4. The summed E-state index contributed by atoms with van der Waals surface area (Å²) in [6.07, 6.45) is 0. The summed E-state index contributed by atoms with van der Waals surface area (Å²) in [7, 11) is -2.03. The van der Waals surface area contributed by atoms with E-state index in [0.29, 0.717) is 17.9 Å². The van der Waals surface area contributed by atoms with Gasteiger partial charge in [-0.1, -0.05) is 0 Å². The summed E-state index contributed by atoms with van der Waals surface area (Å²) in [6.45, 7) is 2.10. The largest absolute Gasteiger partial charge is 0.325 e. The van der Waals surface area contributed by atoms with Gasteiger partial charge in [0, 0.05) is 20.1 Å². The summed E-state index contributed by atoms with van der Waals surface area (Å²) in [5.41, 5.74) is 7.38. The lowest BCUT2D eigenvalue weighted by Crippen LogP contribution is -2.27. The molecule has 2 heterocycles. The molecule has 0 bridgehead atoms. The Morgan fingerprint density at radius 1 is 1.53 bits per heavy atom. The van der Waals surface area contributed by atoms with E-state index >= 15 is 0 Å². The van der Waals surface area contributed by atoms with E-state index in [1.54, 1.807) is 25.3 Å². The first-order valence-corrected chi connectivity index (χ1v) is 8.06. The van der Waals surface area contributed by atoms with Crippen molar-refractivity contribution in [2.24, 2.45) is 5.73 Å². The van der Waals surface area contributed by atoms with Crippen LogP contribution in [0.25, 0.3) is 0 Å². The van der Waals surface area contributed by atoms with Crippen LogP contribution in [0.15, 0.2) is 21.7 Å². The number of thiophene rings is 1. The van der Waals surface area contributed by atoms with Crippen LogP contribution in [-0.4, -0.2) is 30.0 Å². The minimum atomic E-state index is -3.58. The molecule has 3 N–H and O–H groups in total. The van der Waals surface area contributed by atoms with Crippen molar-refractivity contribution in [3.8, 4) is 0 Å². The molecule has 8 heteroatoms.